The second-order valence-electron chi connectivity index (χ2n) is 6.27. The van der Waals surface area contributed by atoms with Gasteiger partial charge in [-0.1, -0.05) is 31.2 Å². The first kappa shape index (κ1) is 15.5. The zero-order valence-electron chi connectivity index (χ0n) is 13.4. The molecule has 0 spiro atoms. The fraction of sp³-hybridized carbons (Fsp3) is 0.667. The molecule has 1 N–H and O–H groups in total. The minimum absolute atomic E-state index is 0.654. The van der Waals surface area contributed by atoms with Crippen LogP contribution in [0.4, 0.5) is 0 Å². The molecule has 2 unspecified atom stereocenters. The number of hydrogen-bond donors (Lipinski definition) is 1. The van der Waals surface area contributed by atoms with E-state index < -0.39 is 0 Å². The first-order valence-corrected chi connectivity index (χ1v) is 8.22. The van der Waals surface area contributed by atoms with Crippen LogP contribution in [0.25, 0.3) is 0 Å². The molecule has 0 radical (unpaired) electrons. The summed E-state index contributed by atoms with van der Waals surface area (Å²) >= 11 is 0. The molecule has 112 valence electrons. The standard InChI is InChI=1S/C18H30N2/c1-4-18-11-14-20(12-9-16(3)19-18)13-10-17-8-6-5-7-15(17)2/h5-8,16,18-19H,4,9-14H2,1-3H3. The third kappa shape index (κ3) is 4.60. The van der Waals surface area contributed by atoms with Crippen molar-refractivity contribution in [3.05, 3.63) is 35.4 Å². The SMILES string of the molecule is CCC1CCN(CCc2ccccc2C)CCC(C)N1. The number of hydrogen-bond acceptors (Lipinski definition) is 2. The molecule has 1 saturated heterocycles. The Labute approximate surface area is 124 Å². The van der Waals surface area contributed by atoms with E-state index in [4.69, 9.17) is 0 Å². The number of aryl methyl sites for hydroxylation is 1. The monoisotopic (exact) mass is 274 g/mol. The highest BCUT2D eigenvalue weighted by Gasteiger charge is 2.17. The predicted molar refractivity (Wildman–Crippen MR) is 87.2 cm³/mol. The van der Waals surface area contributed by atoms with Crippen molar-refractivity contribution in [3.63, 3.8) is 0 Å². The Morgan fingerprint density at radius 1 is 1.20 bits per heavy atom. The van der Waals surface area contributed by atoms with Crippen LogP contribution in [0, 0.1) is 6.92 Å². The van der Waals surface area contributed by atoms with Crippen LogP contribution in [0.3, 0.4) is 0 Å². The molecule has 2 heteroatoms. The van der Waals surface area contributed by atoms with E-state index in [9.17, 15) is 0 Å². The Morgan fingerprint density at radius 3 is 2.70 bits per heavy atom. The van der Waals surface area contributed by atoms with Gasteiger partial charge in [-0.05, 0) is 63.7 Å². The molecule has 0 saturated carbocycles. The van der Waals surface area contributed by atoms with E-state index in [1.54, 1.807) is 0 Å². The maximum Gasteiger partial charge on any atom is 0.00790 e. The van der Waals surface area contributed by atoms with E-state index in [0.29, 0.717) is 12.1 Å². The van der Waals surface area contributed by atoms with Gasteiger partial charge in [-0.2, -0.15) is 0 Å². The van der Waals surface area contributed by atoms with Gasteiger partial charge < -0.3 is 10.2 Å². The minimum atomic E-state index is 0.654. The number of rotatable bonds is 4. The van der Waals surface area contributed by atoms with Crippen molar-refractivity contribution in [2.45, 2.75) is 58.5 Å². The smallest absolute Gasteiger partial charge is 0.00790 e. The van der Waals surface area contributed by atoms with Gasteiger partial charge in [0.15, 0.2) is 0 Å². The highest BCUT2D eigenvalue weighted by atomic mass is 15.1. The summed E-state index contributed by atoms with van der Waals surface area (Å²) in [4.78, 5) is 2.66. The Bertz CT molecular complexity index is 402. The van der Waals surface area contributed by atoms with Crippen molar-refractivity contribution in [2.24, 2.45) is 0 Å². The second-order valence-corrected chi connectivity index (χ2v) is 6.27. The maximum atomic E-state index is 3.75. The summed E-state index contributed by atoms with van der Waals surface area (Å²) in [5, 5.41) is 3.75. The summed E-state index contributed by atoms with van der Waals surface area (Å²) in [5.41, 5.74) is 2.94. The van der Waals surface area contributed by atoms with Gasteiger partial charge in [-0.15, -0.1) is 0 Å². The highest BCUT2D eigenvalue weighted by molar-refractivity contribution is 5.25. The zero-order valence-corrected chi connectivity index (χ0v) is 13.4. The Hall–Kier alpha value is -0.860. The van der Waals surface area contributed by atoms with Gasteiger partial charge in [0.1, 0.15) is 0 Å². The molecule has 0 aliphatic carbocycles. The lowest BCUT2D eigenvalue weighted by Crippen LogP contribution is -2.44. The molecule has 0 amide bonds. The van der Waals surface area contributed by atoms with Gasteiger partial charge >= 0.3 is 0 Å². The van der Waals surface area contributed by atoms with Gasteiger partial charge in [0.05, 0.1) is 0 Å². The van der Waals surface area contributed by atoms with Gasteiger partial charge in [0.2, 0.25) is 0 Å². The van der Waals surface area contributed by atoms with E-state index in [-0.39, 0.29) is 0 Å². The van der Waals surface area contributed by atoms with E-state index in [0.717, 1.165) is 0 Å². The first-order chi connectivity index (χ1) is 9.69. The van der Waals surface area contributed by atoms with Crippen molar-refractivity contribution in [2.75, 3.05) is 19.6 Å². The average Bonchev–Trinajstić information content (AvgIpc) is 2.44. The number of nitrogens with one attached hydrogen (secondary N) is 1. The molecule has 1 aliphatic rings. The van der Waals surface area contributed by atoms with E-state index in [2.05, 4.69) is 55.3 Å². The summed E-state index contributed by atoms with van der Waals surface area (Å²) in [7, 11) is 0. The first-order valence-electron chi connectivity index (χ1n) is 8.22. The molecular formula is C18H30N2. The van der Waals surface area contributed by atoms with E-state index >= 15 is 0 Å². The third-order valence-electron chi connectivity index (χ3n) is 4.64. The fourth-order valence-corrected chi connectivity index (χ4v) is 3.11. The lowest BCUT2D eigenvalue weighted by atomic mass is 10.0. The molecule has 2 atom stereocenters. The Kier molecular flexibility index (Phi) is 6.06. The van der Waals surface area contributed by atoms with Crippen LogP contribution < -0.4 is 5.32 Å². The Morgan fingerprint density at radius 2 is 1.95 bits per heavy atom. The fourth-order valence-electron chi connectivity index (χ4n) is 3.11. The van der Waals surface area contributed by atoms with Crippen LogP contribution in [0.1, 0.15) is 44.2 Å². The quantitative estimate of drug-likeness (QED) is 0.905. The summed E-state index contributed by atoms with van der Waals surface area (Å²) in [6.45, 7) is 10.5. The van der Waals surface area contributed by atoms with Crippen LogP contribution in [0.5, 0.6) is 0 Å². The summed E-state index contributed by atoms with van der Waals surface area (Å²) < 4.78 is 0. The van der Waals surface area contributed by atoms with Gasteiger partial charge in [-0.3, -0.25) is 0 Å². The Balaban J connectivity index is 1.87. The van der Waals surface area contributed by atoms with E-state index in [1.165, 1.54) is 56.4 Å². The van der Waals surface area contributed by atoms with Crippen LogP contribution in [0.2, 0.25) is 0 Å². The molecule has 1 aromatic rings. The largest absolute Gasteiger partial charge is 0.311 e. The van der Waals surface area contributed by atoms with Gasteiger partial charge in [0.25, 0.3) is 0 Å². The number of benzene rings is 1. The second kappa shape index (κ2) is 7.80. The van der Waals surface area contributed by atoms with Crippen molar-refractivity contribution >= 4 is 0 Å². The lowest BCUT2D eigenvalue weighted by molar-refractivity contribution is 0.214. The summed E-state index contributed by atoms with van der Waals surface area (Å²) in [6.07, 6.45) is 4.99. The molecular weight excluding hydrogens is 244 g/mol. The molecule has 2 nitrogen and oxygen atoms in total. The van der Waals surface area contributed by atoms with Crippen molar-refractivity contribution in [1.82, 2.24) is 10.2 Å². The number of nitrogens with zero attached hydrogens (tertiary/aromatic N) is 1. The lowest BCUT2D eigenvalue weighted by Gasteiger charge is -2.32. The van der Waals surface area contributed by atoms with Crippen LogP contribution in [-0.4, -0.2) is 36.6 Å². The molecule has 0 aromatic heterocycles. The maximum absolute atomic E-state index is 3.75. The van der Waals surface area contributed by atoms with Crippen LogP contribution in [0.15, 0.2) is 24.3 Å². The molecule has 20 heavy (non-hydrogen) atoms. The van der Waals surface area contributed by atoms with Crippen molar-refractivity contribution in [1.29, 1.82) is 0 Å². The van der Waals surface area contributed by atoms with Crippen molar-refractivity contribution < 1.29 is 0 Å². The normalized spacial score (nSPS) is 25.1. The highest BCUT2D eigenvalue weighted by Crippen LogP contribution is 2.12. The molecule has 0 bridgehead atoms. The summed E-state index contributed by atoms with van der Waals surface area (Å²) in [6, 6.07) is 10.1. The van der Waals surface area contributed by atoms with Crippen molar-refractivity contribution in [3.8, 4) is 0 Å². The zero-order chi connectivity index (χ0) is 14.4. The summed E-state index contributed by atoms with van der Waals surface area (Å²) in [5.74, 6) is 0. The minimum Gasteiger partial charge on any atom is -0.311 e. The van der Waals surface area contributed by atoms with E-state index in [1.807, 2.05) is 0 Å². The van der Waals surface area contributed by atoms with Crippen LogP contribution >= 0.6 is 0 Å². The molecule has 2 rings (SSSR count). The average molecular weight is 274 g/mol. The predicted octanol–water partition coefficient (Wildman–Crippen LogP) is 3.39. The molecule has 1 heterocycles. The molecule has 1 aliphatic heterocycles. The molecule has 1 aromatic carbocycles. The molecule has 1 fully saturated rings. The third-order valence-corrected chi connectivity index (χ3v) is 4.64. The van der Waals surface area contributed by atoms with Crippen LogP contribution in [-0.2, 0) is 6.42 Å². The van der Waals surface area contributed by atoms with Gasteiger partial charge in [-0.25, -0.2) is 0 Å². The topological polar surface area (TPSA) is 15.3 Å². The van der Waals surface area contributed by atoms with Gasteiger partial charge in [0, 0.05) is 18.6 Å².